The summed E-state index contributed by atoms with van der Waals surface area (Å²) < 4.78 is 2.01. The molecule has 3 aromatic rings. The van der Waals surface area contributed by atoms with E-state index in [9.17, 15) is 0 Å². The molecule has 0 bridgehead atoms. The molecule has 0 aliphatic carbocycles. The van der Waals surface area contributed by atoms with Crippen LogP contribution in [0.3, 0.4) is 0 Å². The zero-order valence-electron chi connectivity index (χ0n) is 9.94. The molecule has 96 valence electrons. The maximum absolute atomic E-state index is 5.86. The van der Waals surface area contributed by atoms with E-state index < -0.39 is 0 Å². The number of hydrogen-bond donors (Lipinski definition) is 2. The lowest BCUT2D eigenvalue weighted by Crippen LogP contribution is -1.98. The number of benzene rings is 2. The average molecular weight is 307 g/mol. The van der Waals surface area contributed by atoms with Gasteiger partial charge in [0.05, 0.1) is 10.2 Å². The molecule has 0 saturated heterocycles. The largest absolute Gasteiger partial charge is 0.381 e. The fourth-order valence-corrected chi connectivity index (χ4v) is 3.18. The van der Waals surface area contributed by atoms with Gasteiger partial charge in [0.2, 0.25) is 0 Å². The van der Waals surface area contributed by atoms with Crippen molar-refractivity contribution < 1.29 is 0 Å². The molecule has 0 spiro atoms. The van der Waals surface area contributed by atoms with Gasteiger partial charge < -0.3 is 10.3 Å². The van der Waals surface area contributed by atoms with Gasteiger partial charge in [-0.2, -0.15) is 0 Å². The standard InChI is InChI=1S/C14H11ClN2S2/c15-10-2-4-11(5-3-10)16-8-9-1-6-12-13(7-9)19-14(18)17-12/h1-7,16H,8H2,(H,17,18). The van der Waals surface area contributed by atoms with Crippen molar-refractivity contribution in [1.29, 1.82) is 0 Å². The maximum atomic E-state index is 5.86. The normalized spacial score (nSPS) is 10.8. The minimum absolute atomic E-state index is 0.749. The number of aromatic nitrogens is 1. The third-order valence-corrected chi connectivity index (χ3v) is 4.28. The van der Waals surface area contributed by atoms with Gasteiger partial charge in [0, 0.05) is 17.3 Å². The molecule has 0 unspecified atom stereocenters. The Morgan fingerprint density at radius 1 is 1.16 bits per heavy atom. The molecule has 0 radical (unpaired) electrons. The molecule has 0 saturated carbocycles. The highest BCUT2D eigenvalue weighted by atomic mass is 35.5. The van der Waals surface area contributed by atoms with Gasteiger partial charge in [-0.05, 0) is 54.2 Å². The maximum Gasteiger partial charge on any atom is 0.159 e. The van der Waals surface area contributed by atoms with E-state index in [0.29, 0.717) is 0 Å². The van der Waals surface area contributed by atoms with Crippen molar-refractivity contribution in [2.24, 2.45) is 0 Å². The molecule has 2 nitrogen and oxygen atoms in total. The Kier molecular flexibility index (Phi) is 3.55. The van der Waals surface area contributed by atoms with Crippen molar-refractivity contribution in [3.63, 3.8) is 0 Å². The van der Waals surface area contributed by atoms with E-state index in [1.54, 1.807) is 11.3 Å². The second-order valence-corrected chi connectivity index (χ2v) is 6.36. The second-order valence-electron chi connectivity index (χ2n) is 4.21. The fourth-order valence-electron chi connectivity index (χ4n) is 1.87. The topological polar surface area (TPSA) is 27.8 Å². The van der Waals surface area contributed by atoms with E-state index in [4.69, 9.17) is 23.8 Å². The smallest absolute Gasteiger partial charge is 0.159 e. The van der Waals surface area contributed by atoms with Crippen molar-refractivity contribution in [2.75, 3.05) is 5.32 Å². The van der Waals surface area contributed by atoms with Crippen molar-refractivity contribution in [1.82, 2.24) is 4.98 Å². The van der Waals surface area contributed by atoms with Crippen LogP contribution in [0.5, 0.6) is 0 Å². The molecule has 5 heteroatoms. The zero-order valence-corrected chi connectivity index (χ0v) is 12.3. The van der Waals surface area contributed by atoms with Crippen LogP contribution in [0.15, 0.2) is 42.5 Å². The molecular formula is C14H11ClN2S2. The van der Waals surface area contributed by atoms with Crippen LogP contribution in [0.25, 0.3) is 10.2 Å². The summed E-state index contributed by atoms with van der Waals surface area (Å²) in [5.41, 5.74) is 3.39. The summed E-state index contributed by atoms with van der Waals surface area (Å²) in [4.78, 5) is 3.16. The number of aromatic amines is 1. The van der Waals surface area contributed by atoms with Crippen molar-refractivity contribution in [3.05, 3.63) is 57.0 Å². The number of fused-ring (bicyclic) bond motifs is 1. The van der Waals surface area contributed by atoms with Crippen LogP contribution in [0.4, 0.5) is 5.69 Å². The van der Waals surface area contributed by atoms with E-state index in [1.807, 2.05) is 24.3 Å². The molecule has 0 amide bonds. The minimum atomic E-state index is 0.749. The van der Waals surface area contributed by atoms with Crippen LogP contribution in [-0.2, 0) is 6.54 Å². The van der Waals surface area contributed by atoms with Gasteiger partial charge in [-0.15, -0.1) is 11.3 Å². The summed E-state index contributed by atoms with van der Waals surface area (Å²) in [6.07, 6.45) is 0. The molecule has 0 atom stereocenters. The van der Waals surface area contributed by atoms with E-state index in [2.05, 4.69) is 28.5 Å². The first kappa shape index (κ1) is 12.7. The number of H-pyrrole nitrogens is 1. The van der Waals surface area contributed by atoms with Crippen molar-refractivity contribution in [3.8, 4) is 0 Å². The van der Waals surface area contributed by atoms with Crippen LogP contribution >= 0.6 is 35.2 Å². The zero-order chi connectivity index (χ0) is 13.2. The first-order valence-corrected chi connectivity index (χ1v) is 7.42. The quantitative estimate of drug-likeness (QED) is 0.649. The second kappa shape index (κ2) is 5.33. The molecule has 1 aromatic heterocycles. The van der Waals surface area contributed by atoms with Crippen LogP contribution < -0.4 is 5.32 Å². The van der Waals surface area contributed by atoms with Crippen LogP contribution in [0.2, 0.25) is 5.02 Å². The van der Waals surface area contributed by atoms with Gasteiger partial charge >= 0.3 is 0 Å². The third kappa shape index (κ3) is 2.97. The number of thiazole rings is 1. The molecule has 19 heavy (non-hydrogen) atoms. The first-order chi connectivity index (χ1) is 9.20. The number of rotatable bonds is 3. The van der Waals surface area contributed by atoms with Crippen molar-refractivity contribution in [2.45, 2.75) is 6.54 Å². The fraction of sp³-hybridized carbons (Fsp3) is 0.0714. The van der Waals surface area contributed by atoms with Crippen molar-refractivity contribution >= 4 is 51.1 Å². The Bertz CT molecular complexity index is 759. The Hall–Kier alpha value is -1.36. The monoisotopic (exact) mass is 306 g/mol. The Morgan fingerprint density at radius 2 is 1.95 bits per heavy atom. The van der Waals surface area contributed by atoms with E-state index in [-0.39, 0.29) is 0 Å². The summed E-state index contributed by atoms with van der Waals surface area (Å²) in [7, 11) is 0. The van der Waals surface area contributed by atoms with Gasteiger partial charge in [0.15, 0.2) is 3.95 Å². The highest BCUT2D eigenvalue weighted by Gasteiger charge is 2.00. The lowest BCUT2D eigenvalue weighted by atomic mass is 10.2. The molecule has 1 heterocycles. The SMILES string of the molecule is S=c1[nH]c2ccc(CNc3ccc(Cl)cc3)cc2s1. The third-order valence-electron chi connectivity index (χ3n) is 2.83. The van der Waals surface area contributed by atoms with Gasteiger partial charge in [0.25, 0.3) is 0 Å². The van der Waals surface area contributed by atoms with Crippen LogP contribution in [-0.4, -0.2) is 4.98 Å². The highest BCUT2D eigenvalue weighted by Crippen LogP contribution is 2.21. The Balaban J connectivity index is 1.77. The molecule has 2 aromatic carbocycles. The number of nitrogens with one attached hydrogen (secondary N) is 2. The summed E-state index contributed by atoms with van der Waals surface area (Å²) in [6, 6.07) is 14.0. The summed E-state index contributed by atoms with van der Waals surface area (Å²) in [6.45, 7) is 0.780. The van der Waals surface area contributed by atoms with Crippen LogP contribution in [0.1, 0.15) is 5.56 Å². The summed E-state index contributed by atoms with van der Waals surface area (Å²) in [5.74, 6) is 0. The predicted octanol–water partition coefficient (Wildman–Crippen LogP) is 5.22. The van der Waals surface area contributed by atoms with Gasteiger partial charge in [-0.1, -0.05) is 17.7 Å². The average Bonchev–Trinajstić information content (AvgIpc) is 2.77. The number of anilines is 1. The van der Waals surface area contributed by atoms with Gasteiger partial charge in [-0.3, -0.25) is 0 Å². The van der Waals surface area contributed by atoms with Gasteiger partial charge in [-0.25, -0.2) is 0 Å². The molecule has 2 N–H and O–H groups in total. The molecule has 0 aliphatic rings. The number of hydrogen-bond acceptors (Lipinski definition) is 3. The van der Waals surface area contributed by atoms with Crippen LogP contribution in [0, 0.1) is 3.95 Å². The van der Waals surface area contributed by atoms with Gasteiger partial charge in [0.1, 0.15) is 0 Å². The molecule has 0 fully saturated rings. The van der Waals surface area contributed by atoms with E-state index in [0.717, 1.165) is 26.7 Å². The minimum Gasteiger partial charge on any atom is -0.381 e. The lowest BCUT2D eigenvalue weighted by Gasteiger charge is -2.06. The highest BCUT2D eigenvalue weighted by molar-refractivity contribution is 7.73. The molecule has 3 rings (SSSR count). The molecular weight excluding hydrogens is 296 g/mol. The predicted molar refractivity (Wildman–Crippen MR) is 85.8 cm³/mol. The number of halogens is 1. The van der Waals surface area contributed by atoms with E-state index >= 15 is 0 Å². The van der Waals surface area contributed by atoms with E-state index in [1.165, 1.54) is 10.3 Å². The first-order valence-electron chi connectivity index (χ1n) is 5.82. The Morgan fingerprint density at radius 3 is 2.74 bits per heavy atom. The Labute approximate surface area is 125 Å². The summed E-state index contributed by atoms with van der Waals surface area (Å²) in [5, 5.41) is 4.12. The lowest BCUT2D eigenvalue weighted by molar-refractivity contribution is 1.16. The molecule has 0 aliphatic heterocycles. The summed E-state index contributed by atoms with van der Waals surface area (Å²) >= 11 is 12.6.